The Morgan fingerprint density at radius 3 is 2.16 bits per heavy atom. The summed E-state index contributed by atoms with van der Waals surface area (Å²) < 4.78 is 0. The van der Waals surface area contributed by atoms with Crippen LogP contribution < -0.4 is 11.1 Å². The molecule has 0 spiro atoms. The number of aromatic nitrogens is 2. The molecular formula is C27H26N4S. The number of hydrogen-bond donors (Lipinski definition) is 3. The maximum absolute atomic E-state index is 5.66. The molecule has 5 heteroatoms. The minimum Gasteiger partial charge on any atom is -0.337 e. The fourth-order valence-corrected chi connectivity index (χ4v) is 4.80. The molecule has 0 saturated carbocycles. The molecule has 2 heterocycles. The number of H-pyrrole nitrogens is 1. The van der Waals surface area contributed by atoms with Gasteiger partial charge in [0.2, 0.25) is 0 Å². The molecule has 4 nitrogen and oxygen atoms in total. The minimum absolute atomic E-state index is 0.587. The zero-order chi connectivity index (χ0) is 21.9. The summed E-state index contributed by atoms with van der Waals surface area (Å²) in [6, 6.07) is 27.8. The predicted octanol–water partition coefficient (Wildman–Crippen LogP) is 6.02. The summed E-state index contributed by atoms with van der Waals surface area (Å²) in [7, 11) is 0. The second-order valence-corrected chi connectivity index (χ2v) is 9.13. The van der Waals surface area contributed by atoms with Crippen molar-refractivity contribution in [3.05, 3.63) is 101 Å². The Balaban J connectivity index is 1.24. The van der Waals surface area contributed by atoms with Crippen molar-refractivity contribution in [2.45, 2.75) is 26.6 Å². The largest absolute Gasteiger partial charge is 0.337 e. The lowest BCUT2D eigenvalue weighted by Crippen LogP contribution is -2.12. The third kappa shape index (κ3) is 4.36. The molecule has 0 fully saturated rings. The van der Waals surface area contributed by atoms with Gasteiger partial charge in [-0.1, -0.05) is 60.7 Å². The first-order valence-corrected chi connectivity index (χ1v) is 11.6. The summed E-state index contributed by atoms with van der Waals surface area (Å²) in [5.41, 5.74) is 13.9. The van der Waals surface area contributed by atoms with Gasteiger partial charge in [0.25, 0.3) is 0 Å². The van der Waals surface area contributed by atoms with Gasteiger partial charge in [0, 0.05) is 24.5 Å². The number of nitrogens with one attached hydrogen (secondary N) is 2. The average Bonchev–Trinajstić information content (AvgIpc) is 3.48. The molecule has 0 aliphatic carbocycles. The van der Waals surface area contributed by atoms with Crippen LogP contribution in [0, 0.1) is 6.92 Å². The van der Waals surface area contributed by atoms with Gasteiger partial charge in [-0.15, -0.1) is 11.3 Å². The number of aryl methyl sites for hydroxylation is 1. The Morgan fingerprint density at radius 1 is 0.812 bits per heavy atom. The zero-order valence-corrected chi connectivity index (χ0v) is 18.9. The number of nitrogens with two attached hydrogens (primary N) is 1. The Hall–Kier alpha value is -3.25. The lowest BCUT2D eigenvalue weighted by Gasteiger charge is -2.07. The first kappa shape index (κ1) is 20.6. The normalized spacial score (nSPS) is 11.3. The van der Waals surface area contributed by atoms with Crippen LogP contribution in [0.3, 0.4) is 0 Å². The smallest absolute Gasteiger partial charge is 0.148 e. The number of aromatic amines is 1. The van der Waals surface area contributed by atoms with Crippen LogP contribution in [0.2, 0.25) is 0 Å². The summed E-state index contributed by atoms with van der Waals surface area (Å²) >= 11 is 1.77. The van der Waals surface area contributed by atoms with E-state index in [0.29, 0.717) is 6.54 Å². The van der Waals surface area contributed by atoms with E-state index in [1.807, 2.05) is 0 Å². The number of imidazole rings is 1. The lowest BCUT2D eigenvalue weighted by atomic mass is 10.1. The van der Waals surface area contributed by atoms with Gasteiger partial charge < -0.3 is 16.0 Å². The molecule has 0 amide bonds. The predicted molar refractivity (Wildman–Crippen MR) is 134 cm³/mol. The van der Waals surface area contributed by atoms with Crippen molar-refractivity contribution in [3.8, 4) is 21.1 Å². The third-order valence-corrected chi connectivity index (χ3v) is 6.85. The standard InChI is InChI=1S/C27H26N4S/c1-18-3-2-4-23-26(18)31-27(30-23)25-14-13-24(32-25)22-11-9-21(10-12-22)17-29-16-20-7-5-19(15-28)6-8-20/h2-14,29H,15-17,28H2,1H3,(H,30,31). The zero-order valence-electron chi connectivity index (χ0n) is 18.1. The van der Waals surface area contributed by atoms with E-state index in [4.69, 9.17) is 10.7 Å². The van der Waals surface area contributed by atoms with Crippen molar-refractivity contribution in [1.29, 1.82) is 0 Å². The number of para-hydroxylation sites is 1. The van der Waals surface area contributed by atoms with E-state index >= 15 is 0 Å². The van der Waals surface area contributed by atoms with Gasteiger partial charge >= 0.3 is 0 Å². The van der Waals surface area contributed by atoms with Crippen LogP contribution >= 0.6 is 11.3 Å². The van der Waals surface area contributed by atoms with Crippen molar-refractivity contribution < 1.29 is 0 Å². The SMILES string of the molecule is Cc1cccc2[nH]c(-c3ccc(-c4ccc(CNCc5ccc(CN)cc5)cc4)s3)nc12. The molecular weight excluding hydrogens is 412 g/mol. The van der Waals surface area contributed by atoms with Crippen LogP contribution in [-0.2, 0) is 19.6 Å². The Bertz CT molecular complexity index is 1330. The molecule has 2 aromatic heterocycles. The number of nitrogens with zero attached hydrogens (tertiary/aromatic N) is 1. The summed E-state index contributed by atoms with van der Waals surface area (Å²) in [5, 5.41) is 3.52. The molecule has 5 aromatic rings. The second-order valence-electron chi connectivity index (χ2n) is 8.04. The summed E-state index contributed by atoms with van der Waals surface area (Å²) in [4.78, 5) is 10.7. The fraction of sp³-hybridized carbons (Fsp3) is 0.148. The number of benzene rings is 3. The van der Waals surface area contributed by atoms with E-state index in [-0.39, 0.29) is 0 Å². The molecule has 3 aromatic carbocycles. The monoisotopic (exact) mass is 438 g/mol. The molecule has 0 aliphatic rings. The molecule has 4 N–H and O–H groups in total. The van der Waals surface area contributed by atoms with Crippen molar-refractivity contribution in [2.75, 3.05) is 0 Å². The quantitative estimate of drug-likeness (QED) is 0.291. The third-order valence-electron chi connectivity index (χ3n) is 5.71. The molecule has 32 heavy (non-hydrogen) atoms. The Labute approximate surface area is 192 Å². The van der Waals surface area contributed by atoms with Crippen LogP contribution in [0.5, 0.6) is 0 Å². The highest BCUT2D eigenvalue weighted by Crippen LogP contribution is 2.34. The van der Waals surface area contributed by atoms with E-state index in [1.54, 1.807) is 11.3 Å². The van der Waals surface area contributed by atoms with E-state index in [1.165, 1.54) is 27.1 Å². The molecule has 5 rings (SSSR count). The average molecular weight is 439 g/mol. The first-order valence-electron chi connectivity index (χ1n) is 10.8. The van der Waals surface area contributed by atoms with E-state index in [0.717, 1.165) is 40.4 Å². The molecule has 0 aliphatic heterocycles. The Kier molecular flexibility index (Phi) is 5.86. The fourth-order valence-electron chi connectivity index (χ4n) is 3.84. The van der Waals surface area contributed by atoms with Crippen LogP contribution in [0.15, 0.2) is 78.9 Å². The topological polar surface area (TPSA) is 66.7 Å². The van der Waals surface area contributed by atoms with Gasteiger partial charge in [-0.25, -0.2) is 4.98 Å². The maximum atomic E-state index is 5.66. The van der Waals surface area contributed by atoms with Gasteiger partial charge in [0.1, 0.15) is 5.82 Å². The number of fused-ring (bicyclic) bond motifs is 1. The lowest BCUT2D eigenvalue weighted by molar-refractivity contribution is 0.693. The highest BCUT2D eigenvalue weighted by atomic mass is 32.1. The van der Waals surface area contributed by atoms with Crippen molar-refractivity contribution in [1.82, 2.24) is 15.3 Å². The number of thiophene rings is 1. The summed E-state index contributed by atoms with van der Waals surface area (Å²) in [6.07, 6.45) is 0. The van der Waals surface area contributed by atoms with Gasteiger partial charge in [-0.2, -0.15) is 0 Å². The summed E-state index contributed by atoms with van der Waals surface area (Å²) in [5.74, 6) is 0.936. The van der Waals surface area contributed by atoms with E-state index in [9.17, 15) is 0 Å². The highest BCUT2D eigenvalue weighted by Gasteiger charge is 2.10. The van der Waals surface area contributed by atoms with Gasteiger partial charge in [0.05, 0.1) is 15.9 Å². The maximum Gasteiger partial charge on any atom is 0.148 e. The molecule has 160 valence electrons. The first-order chi connectivity index (χ1) is 15.7. The van der Waals surface area contributed by atoms with Crippen LogP contribution in [0.4, 0.5) is 0 Å². The van der Waals surface area contributed by atoms with Gasteiger partial charge in [-0.05, 0) is 52.9 Å². The van der Waals surface area contributed by atoms with Crippen LogP contribution in [-0.4, -0.2) is 9.97 Å². The van der Waals surface area contributed by atoms with Crippen LogP contribution in [0.1, 0.15) is 22.3 Å². The highest BCUT2D eigenvalue weighted by molar-refractivity contribution is 7.18. The Morgan fingerprint density at radius 2 is 1.47 bits per heavy atom. The van der Waals surface area contributed by atoms with Crippen LogP contribution in [0.25, 0.3) is 32.2 Å². The minimum atomic E-state index is 0.587. The number of hydrogen-bond acceptors (Lipinski definition) is 4. The molecule has 0 atom stereocenters. The van der Waals surface area contributed by atoms with Crippen molar-refractivity contribution >= 4 is 22.4 Å². The van der Waals surface area contributed by atoms with Gasteiger partial charge in [0.15, 0.2) is 0 Å². The second kappa shape index (κ2) is 9.09. The molecule has 0 unspecified atom stereocenters. The van der Waals surface area contributed by atoms with E-state index in [2.05, 4.69) is 96.1 Å². The summed E-state index contributed by atoms with van der Waals surface area (Å²) in [6.45, 7) is 4.37. The van der Waals surface area contributed by atoms with Crippen molar-refractivity contribution in [2.24, 2.45) is 5.73 Å². The number of rotatable bonds is 7. The molecule has 0 bridgehead atoms. The van der Waals surface area contributed by atoms with Gasteiger partial charge in [-0.3, -0.25) is 0 Å². The molecule has 0 saturated heterocycles. The van der Waals surface area contributed by atoms with E-state index < -0.39 is 0 Å². The molecule has 0 radical (unpaired) electrons. The van der Waals surface area contributed by atoms with Crippen molar-refractivity contribution in [3.63, 3.8) is 0 Å².